The van der Waals surface area contributed by atoms with Crippen LogP contribution >= 0.6 is 0 Å². The molecule has 0 fully saturated rings. The van der Waals surface area contributed by atoms with Gasteiger partial charge in [0.25, 0.3) is 0 Å². The van der Waals surface area contributed by atoms with E-state index < -0.39 is 9.84 Å². The van der Waals surface area contributed by atoms with E-state index in [1.165, 1.54) is 11.8 Å². The maximum atomic E-state index is 11.7. The van der Waals surface area contributed by atoms with Gasteiger partial charge >= 0.3 is 0 Å². The Morgan fingerprint density at radius 1 is 1.17 bits per heavy atom. The van der Waals surface area contributed by atoms with Crippen molar-refractivity contribution in [3.63, 3.8) is 0 Å². The highest BCUT2D eigenvalue weighted by atomic mass is 32.2. The van der Waals surface area contributed by atoms with Gasteiger partial charge in [-0.15, -0.1) is 0 Å². The van der Waals surface area contributed by atoms with Crippen molar-refractivity contribution in [2.24, 2.45) is 0 Å². The predicted octanol–water partition coefficient (Wildman–Crippen LogP) is 2.50. The van der Waals surface area contributed by atoms with E-state index in [0.717, 1.165) is 29.9 Å². The van der Waals surface area contributed by atoms with Gasteiger partial charge in [0.2, 0.25) is 0 Å². The zero-order valence-electron chi connectivity index (χ0n) is 13.2. The van der Waals surface area contributed by atoms with Gasteiger partial charge < -0.3 is 10.1 Å². The van der Waals surface area contributed by atoms with Crippen molar-refractivity contribution in [2.45, 2.75) is 19.0 Å². The molecule has 0 aliphatic carbocycles. The summed E-state index contributed by atoms with van der Waals surface area (Å²) in [5.41, 5.74) is 3.36. The molecule has 0 aromatic heterocycles. The molecule has 1 atom stereocenters. The van der Waals surface area contributed by atoms with Gasteiger partial charge in [0.1, 0.15) is 15.6 Å². The fraction of sp³-hybridized carbons (Fsp3) is 0.333. The number of hydrogen-bond donors (Lipinski definition) is 1. The van der Waals surface area contributed by atoms with E-state index in [0.29, 0.717) is 6.54 Å². The standard InChI is InChI=1S/C18H21NO3S/c1-23(20,21)13-17(15-5-3-2-4-6-15)19-12-14-7-8-18-16(11-14)9-10-22-18/h2-8,11,17,19H,9-10,12-13H2,1H3/t17-/m0/s1. The Bertz CT molecular complexity index is 772. The van der Waals surface area contributed by atoms with Crippen LogP contribution in [-0.4, -0.2) is 27.0 Å². The molecule has 0 spiro atoms. The smallest absolute Gasteiger partial charge is 0.149 e. The first-order chi connectivity index (χ1) is 11.0. The summed E-state index contributed by atoms with van der Waals surface area (Å²) in [6, 6.07) is 15.7. The quantitative estimate of drug-likeness (QED) is 0.884. The number of hydrogen-bond acceptors (Lipinski definition) is 4. The van der Waals surface area contributed by atoms with Crippen molar-refractivity contribution in [3.05, 3.63) is 65.2 Å². The van der Waals surface area contributed by atoms with Crippen LogP contribution in [0.4, 0.5) is 0 Å². The summed E-state index contributed by atoms with van der Waals surface area (Å²) in [4.78, 5) is 0. The molecule has 0 bridgehead atoms. The molecule has 1 N–H and O–H groups in total. The lowest BCUT2D eigenvalue weighted by atomic mass is 10.1. The molecule has 2 aromatic carbocycles. The Kier molecular flexibility index (Phi) is 4.68. The highest BCUT2D eigenvalue weighted by Crippen LogP contribution is 2.26. The largest absolute Gasteiger partial charge is 0.493 e. The Balaban J connectivity index is 1.74. The second kappa shape index (κ2) is 6.72. The third kappa shape index (κ3) is 4.33. The first kappa shape index (κ1) is 16.0. The Morgan fingerprint density at radius 2 is 1.96 bits per heavy atom. The molecule has 0 radical (unpaired) electrons. The lowest BCUT2D eigenvalue weighted by Crippen LogP contribution is -2.27. The second-order valence-corrected chi connectivity index (χ2v) is 8.16. The normalized spacial score (nSPS) is 15.0. The summed E-state index contributed by atoms with van der Waals surface area (Å²) in [7, 11) is -3.07. The van der Waals surface area contributed by atoms with Crippen molar-refractivity contribution in [1.29, 1.82) is 0 Å². The third-order valence-electron chi connectivity index (χ3n) is 3.98. The van der Waals surface area contributed by atoms with Gasteiger partial charge in [0, 0.05) is 25.3 Å². The summed E-state index contributed by atoms with van der Waals surface area (Å²) >= 11 is 0. The summed E-state index contributed by atoms with van der Waals surface area (Å²) in [5, 5.41) is 3.38. The number of ether oxygens (including phenoxy) is 1. The van der Waals surface area contributed by atoms with Crippen LogP contribution in [0, 0.1) is 0 Å². The second-order valence-electron chi connectivity index (χ2n) is 5.98. The molecule has 0 saturated carbocycles. The number of rotatable bonds is 6. The lowest BCUT2D eigenvalue weighted by Gasteiger charge is -2.18. The van der Waals surface area contributed by atoms with E-state index in [1.807, 2.05) is 42.5 Å². The van der Waals surface area contributed by atoms with Crippen LogP contribution in [0.25, 0.3) is 0 Å². The molecule has 1 aliphatic rings. The SMILES string of the molecule is CS(=O)(=O)C[C@H](NCc1ccc2c(c1)CCO2)c1ccccc1. The highest BCUT2D eigenvalue weighted by molar-refractivity contribution is 7.90. The van der Waals surface area contributed by atoms with E-state index in [2.05, 4.69) is 11.4 Å². The molecule has 2 aromatic rings. The van der Waals surface area contributed by atoms with Gasteiger partial charge in [-0.05, 0) is 22.8 Å². The van der Waals surface area contributed by atoms with Crippen LogP contribution in [0.2, 0.25) is 0 Å². The molecule has 23 heavy (non-hydrogen) atoms. The molecule has 122 valence electrons. The molecule has 5 heteroatoms. The van der Waals surface area contributed by atoms with Crippen LogP contribution in [-0.2, 0) is 22.8 Å². The van der Waals surface area contributed by atoms with Crippen LogP contribution in [0.3, 0.4) is 0 Å². The fourth-order valence-corrected chi connectivity index (χ4v) is 3.77. The molecule has 1 heterocycles. The molecule has 0 unspecified atom stereocenters. The van der Waals surface area contributed by atoms with Crippen molar-refractivity contribution in [1.82, 2.24) is 5.32 Å². The highest BCUT2D eigenvalue weighted by Gasteiger charge is 2.17. The topological polar surface area (TPSA) is 55.4 Å². The van der Waals surface area contributed by atoms with E-state index in [-0.39, 0.29) is 11.8 Å². The van der Waals surface area contributed by atoms with Gasteiger partial charge in [0.05, 0.1) is 12.4 Å². The van der Waals surface area contributed by atoms with Crippen LogP contribution in [0.15, 0.2) is 48.5 Å². The first-order valence-corrected chi connectivity index (χ1v) is 9.78. The summed E-state index contributed by atoms with van der Waals surface area (Å²) in [5.74, 6) is 1.05. The number of sulfone groups is 1. The minimum absolute atomic E-state index is 0.0884. The van der Waals surface area contributed by atoms with E-state index in [4.69, 9.17) is 4.74 Å². The molecule has 3 rings (SSSR count). The van der Waals surface area contributed by atoms with Gasteiger partial charge in [-0.1, -0.05) is 42.5 Å². The number of benzene rings is 2. The maximum Gasteiger partial charge on any atom is 0.149 e. The van der Waals surface area contributed by atoms with Crippen molar-refractivity contribution >= 4 is 9.84 Å². The molecular weight excluding hydrogens is 310 g/mol. The average Bonchev–Trinajstić information content (AvgIpc) is 2.99. The average molecular weight is 331 g/mol. The minimum Gasteiger partial charge on any atom is -0.493 e. The Hall–Kier alpha value is -1.85. The monoisotopic (exact) mass is 331 g/mol. The summed E-state index contributed by atoms with van der Waals surface area (Å²) in [6.07, 6.45) is 2.21. The van der Waals surface area contributed by atoms with Gasteiger partial charge in [-0.2, -0.15) is 0 Å². The molecule has 1 aliphatic heterocycles. The lowest BCUT2D eigenvalue weighted by molar-refractivity contribution is 0.357. The zero-order valence-corrected chi connectivity index (χ0v) is 14.0. The number of fused-ring (bicyclic) bond motifs is 1. The van der Waals surface area contributed by atoms with Gasteiger partial charge in [0.15, 0.2) is 0 Å². The fourth-order valence-electron chi connectivity index (χ4n) is 2.85. The van der Waals surface area contributed by atoms with Gasteiger partial charge in [-0.25, -0.2) is 8.42 Å². The molecular formula is C18H21NO3S. The van der Waals surface area contributed by atoms with E-state index in [9.17, 15) is 8.42 Å². The van der Waals surface area contributed by atoms with Crippen LogP contribution < -0.4 is 10.1 Å². The van der Waals surface area contributed by atoms with E-state index in [1.54, 1.807) is 0 Å². The van der Waals surface area contributed by atoms with Gasteiger partial charge in [-0.3, -0.25) is 0 Å². The molecule has 4 nitrogen and oxygen atoms in total. The Morgan fingerprint density at radius 3 is 2.70 bits per heavy atom. The predicted molar refractivity (Wildman–Crippen MR) is 91.4 cm³/mol. The summed E-state index contributed by atoms with van der Waals surface area (Å²) < 4.78 is 29.0. The Labute approximate surface area is 137 Å². The summed E-state index contributed by atoms with van der Waals surface area (Å²) in [6.45, 7) is 1.37. The first-order valence-electron chi connectivity index (χ1n) is 7.72. The van der Waals surface area contributed by atoms with Crippen molar-refractivity contribution in [2.75, 3.05) is 18.6 Å². The van der Waals surface area contributed by atoms with Crippen LogP contribution in [0.5, 0.6) is 5.75 Å². The molecule has 0 amide bonds. The van der Waals surface area contributed by atoms with Crippen LogP contribution in [0.1, 0.15) is 22.7 Å². The van der Waals surface area contributed by atoms with E-state index >= 15 is 0 Å². The zero-order chi connectivity index (χ0) is 16.3. The van der Waals surface area contributed by atoms with Crippen molar-refractivity contribution < 1.29 is 13.2 Å². The molecule has 0 saturated heterocycles. The third-order valence-corrected chi connectivity index (χ3v) is 4.92. The minimum atomic E-state index is -3.07. The van der Waals surface area contributed by atoms with Crippen molar-refractivity contribution in [3.8, 4) is 5.75 Å². The maximum absolute atomic E-state index is 11.7. The number of nitrogens with one attached hydrogen (secondary N) is 1.